The van der Waals surface area contributed by atoms with E-state index in [1.807, 2.05) is 55.1 Å². The molecule has 1 aromatic heterocycles. The van der Waals surface area contributed by atoms with Crippen molar-refractivity contribution in [1.82, 2.24) is 9.78 Å². The van der Waals surface area contributed by atoms with Crippen molar-refractivity contribution in [2.24, 2.45) is 5.92 Å². The van der Waals surface area contributed by atoms with Crippen molar-refractivity contribution in [3.8, 4) is 0 Å². The summed E-state index contributed by atoms with van der Waals surface area (Å²) in [5.41, 5.74) is 1.12. The molecule has 2 aromatic carbocycles. The van der Waals surface area contributed by atoms with E-state index in [0.717, 1.165) is 22.8 Å². The largest absolute Gasteiger partial charge is 0.306 e. The van der Waals surface area contributed by atoms with Gasteiger partial charge in [-0.1, -0.05) is 44.2 Å². The van der Waals surface area contributed by atoms with Crippen LogP contribution in [0.15, 0.2) is 58.2 Å². The Balaban J connectivity index is 1.88. The van der Waals surface area contributed by atoms with E-state index in [2.05, 4.69) is 11.2 Å². The number of hydrogen-bond acceptors (Lipinski definition) is 4. The number of aromatic nitrogens is 2. The van der Waals surface area contributed by atoms with E-state index in [0.29, 0.717) is 29.6 Å². The van der Waals surface area contributed by atoms with E-state index in [1.54, 1.807) is 17.8 Å². The van der Waals surface area contributed by atoms with E-state index in [9.17, 15) is 9.59 Å². The predicted octanol–water partition coefficient (Wildman–Crippen LogP) is 4.20. The first-order chi connectivity index (χ1) is 13.6. The van der Waals surface area contributed by atoms with Gasteiger partial charge in [0, 0.05) is 23.4 Å². The van der Waals surface area contributed by atoms with Gasteiger partial charge >= 0.3 is 0 Å². The zero-order chi connectivity index (χ0) is 19.7. The second-order valence-corrected chi connectivity index (χ2v) is 8.54. The Bertz CT molecular complexity index is 1090. The van der Waals surface area contributed by atoms with Crippen LogP contribution in [-0.4, -0.2) is 28.0 Å². The van der Waals surface area contributed by atoms with Crippen LogP contribution in [0.3, 0.4) is 0 Å². The minimum absolute atomic E-state index is 0.146. The fourth-order valence-corrected chi connectivity index (χ4v) is 4.52. The number of rotatable bonds is 3. The summed E-state index contributed by atoms with van der Waals surface area (Å²) < 4.78 is 1.44. The normalized spacial score (nSPS) is 14.2. The zero-order valence-corrected chi connectivity index (χ0v) is 16.9. The number of para-hydroxylation sites is 1. The number of thioether (sulfide) groups is 1. The molecule has 0 atom stereocenters. The van der Waals surface area contributed by atoms with Gasteiger partial charge in [-0.2, -0.15) is 5.10 Å². The summed E-state index contributed by atoms with van der Waals surface area (Å²) in [5, 5.41) is 5.68. The summed E-state index contributed by atoms with van der Waals surface area (Å²) in [6.07, 6.45) is 0.911. The SMILES string of the molecule is CC(C)Cn1nc(C(=O)N2CCCSc3ccccc32)c2ccccc2c1=O. The van der Waals surface area contributed by atoms with Crippen LogP contribution < -0.4 is 10.5 Å². The fraction of sp³-hybridized carbons (Fsp3) is 0.318. The van der Waals surface area contributed by atoms with E-state index < -0.39 is 0 Å². The molecule has 4 rings (SSSR count). The molecule has 3 aromatic rings. The molecular weight excluding hydrogens is 370 g/mol. The Morgan fingerprint density at radius 3 is 2.61 bits per heavy atom. The molecule has 0 fully saturated rings. The van der Waals surface area contributed by atoms with Crippen LogP contribution in [0, 0.1) is 5.92 Å². The van der Waals surface area contributed by atoms with Crippen molar-refractivity contribution >= 4 is 34.1 Å². The summed E-state index contributed by atoms with van der Waals surface area (Å²) in [6, 6.07) is 15.3. The summed E-state index contributed by atoms with van der Waals surface area (Å²) in [6.45, 7) is 5.19. The third kappa shape index (κ3) is 3.44. The van der Waals surface area contributed by atoms with Gasteiger partial charge in [-0.25, -0.2) is 4.68 Å². The summed E-state index contributed by atoms with van der Waals surface area (Å²) in [5.74, 6) is 1.08. The molecule has 0 radical (unpaired) electrons. The molecule has 1 amide bonds. The van der Waals surface area contributed by atoms with Gasteiger partial charge in [0.15, 0.2) is 5.69 Å². The van der Waals surface area contributed by atoms with Crippen LogP contribution in [0.4, 0.5) is 5.69 Å². The standard InChI is InChI=1S/C22H23N3O2S/c1-15(2)14-25-21(26)17-9-4-3-8-16(17)20(23-25)22(27)24-12-7-13-28-19-11-6-5-10-18(19)24/h3-6,8-11,15H,7,12-14H2,1-2H3. The lowest BCUT2D eigenvalue weighted by Gasteiger charge is -2.23. The van der Waals surface area contributed by atoms with Gasteiger partial charge in [0.2, 0.25) is 0 Å². The highest BCUT2D eigenvalue weighted by molar-refractivity contribution is 7.99. The smallest absolute Gasteiger partial charge is 0.279 e. The van der Waals surface area contributed by atoms with Crippen molar-refractivity contribution in [2.75, 3.05) is 17.2 Å². The summed E-state index contributed by atoms with van der Waals surface area (Å²) in [4.78, 5) is 29.4. The lowest BCUT2D eigenvalue weighted by molar-refractivity contribution is 0.0981. The third-order valence-electron chi connectivity index (χ3n) is 4.79. The lowest BCUT2D eigenvalue weighted by Crippen LogP contribution is -2.35. The number of nitrogens with zero attached hydrogens (tertiary/aromatic N) is 3. The molecule has 2 heterocycles. The Morgan fingerprint density at radius 1 is 1.11 bits per heavy atom. The van der Waals surface area contributed by atoms with E-state index in [4.69, 9.17) is 0 Å². The number of amides is 1. The van der Waals surface area contributed by atoms with Crippen LogP contribution in [0.25, 0.3) is 10.8 Å². The Hall–Kier alpha value is -2.60. The molecular formula is C22H23N3O2S. The Labute approximate surface area is 168 Å². The van der Waals surface area contributed by atoms with Gasteiger partial charge in [0.25, 0.3) is 11.5 Å². The molecule has 28 heavy (non-hydrogen) atoms. The summed E-state index contributed by atoms with van der Waals surface area (Å²) >= 11 is 1.77. The first kappa shape index (κ1) is 18.7. The van der Waals surface area contributed by atoms with Gasteiger partial charge in [-0.15, -0.1) is 11.8 Å². The average Bonchev–Trinajstić information content (AvgIpc) is 2.92. The number of carbonyl (C=O) groups is 1. The van der Waals surface area contributed by atoms with Crippen molar-refractivity contribution < 1.29 is 4.79 Å². The lowest BCUT2D eigenvalue weighted by atomic mass is 10.1. The van der Waals surface area contributed by atoms with Gasteiger partial charge in [0.05, 0.1) is 11.1 Å². The first-order valence-corrected chi connectivity index (χ1v) is 10.6. The highest BCUT2D eigenvalue weighted by Gasteiger charge is 2.26. The third-order valence-corrected chi connectivity index (χ3v) is 5.94. The Kier molecular flexibility index (Phi) is 5.22. The Morgan fingerprint density at radius 2 is 1.82 bits per heavy atom. The van der Waals surface area contributed by atoms with Gasteiger partial charge in [0.1, 0.15) is 0 Å². The number of anilines is 1. The molecule has 0 bridgehead atoms. The number of carbonyl (C=O) groups excluding carboxylic acids is 1. The van der Waals surface area contributed by atoms with Crippen molar-refractivity contribution in [2.45, 2.75) is 31.7 Å². The molecule has 5 nitrogen and oxygen atoms in total. The minimum Gasteiger partial charge on any atom is -0.306 e. The molecule has 1 aliphatic heterocycles. The first-order valence-electron chi connectivity index (χ1n) is 9.60. The molecule has 0 N–H and O–H groups in total. The number of benzene rings is 2. The van der Waals surface area contributed by atoms with E-state index >= 15 is 0 Å². The van der Waals surface area contributed by atoms with Crippen LogP contribution >= 0.6 is 11.8 Å². The molecule has 0 aliphatic carbocycles. The minimum atomic E-state index is -0.149. The van der Waals surface area contributed by atoms with Crippen LogP contribution in [0.2, 0.25) is 0 Å². The maximum atomic E-state index is 13.6. The van der Waals surface area contributed by atoms with E-state index in [-0.39, 0.29) is 17.4 Å². The highest BCUT2D eigenvalue weighted by Crippen LogP contribution is 2.34. The second-order valence-electron chi connectivity index (χ2n) is 7.40. The molecule has 144 valence electrons. The van der Waals surface area contributed by atoms with Crippen molar-refractivity contribution in [1.29, 1.82) is 0 Å². The van der Waals surface area contributed by atoms with Crippen molar-refractivity contribution in [3.63, 3.8) is 0 Å². The topological polar surface area (TPSA) is 55.2 Å². The number of hydrogen-bond donors (Lipinski definition) is 0. The predicted molar refractivity (Wildman–Crippen MR) is 114 cm³/mol. The van der Waals surface area contributed by atoms with Crippen LogP contribution in [0.1, 0.15) is 30.8 Å². The fourth-order valence-electron chi connectivity index (χ4n) is 3.53. The second kappa shape index (κ2) is 7.80. The maximum Gasteiger partial charge on any atom is 0.279 e. The quantitative estimate of drug-likeness (QED) is 0.669. The summed E-state index contributed by atoms with van der Waals surface area (Å²) in [7, 11) is 0. The average molecular weight is 394 g/mol. The van der Waals surface area contributed by atoms with Gasteiger partial charge in [-0.05, 0) is 36.3 Å². The number of fused-ring (bicyclic) bond motifs is 2. The molecule has 0 saturated carbocycles. The van der Waals surface area contributed by atoms with E-state index in [1.165, 1.54) is 4.68 Å². The van der Waals surface area contributed by atoms with Crippen LogP contribution in [-0.2, 0) is 6.54 Å². The molecule has 0 spiro atoms. The highest BCUT2D eigenvalue weighted by atomic mass is 32.2. The molecule has 0 unspecified atom stereocenters. The van der Waals surface area contributed by atoms with Crippen LogP contribution in [0.5, 0.6) is 0 Å². The zero-order valence-electron chi connectivity index (χ0n) is 16.1. The maximum absolute atomic E-state index is 13.6. The van der Waals surface area contributed by atoms with Crippen molar-refractivity contribution in [3.05, 3.63) is 64.6 Å². The monoisotopic (exact) mass is 393 g/mol. The van der Waals surface area contributed by atoms with Gasteiger partial charge in [-0.3, -0.25) is 9.59 Å². The molecule has 6 heteroatoms. The van der Waals surface area contributed by atoms with Gasteiger partial charge < -0.3 is 4.90 Å². The molecule has 0 saturated heterocycles. The molecule has 1 aliphatic rings.